The van der Waals surface area contributed by atoms with Gasteiger partial charge >= 0.3 is 5.97 Å². The molecule has 6 heteroatoms. The van der Waals surface area contributed by atoms with Gasteiger partial charge in [0.2, 0.25) is 0 Å². The van der Waals surface area contributed by atoms with Crippen molar-refractivity contribution in [2.45, 2.75) is 20.8 Å². The fourth-order valence-corrected chi connectivity index (χ4v) is 3.69. The van der Waals surface area contributed by atoms with Crippen LogP contribution < -0.4 is 4.90 Å². The van der Waals surface area contributed by atoms with Crippen LogP contribution in [0.3, 0.4) is 0 Å². The van der Waals surface area contributed by atoms with E-state index >= 15 is 0 Å². The zero-order valence-corrected chi connectivity index (χ0v) is 14.0. The average Bonchev–Trinajstić information content (AvgIpc) is 2.86. The van der Waals surface area contributed by atoms with Crippen LogP contribution in [0.25, 0.3) is 10.2 Å². The van der Waals surface area contributed by atoms with Gasteiger partial charge in [0.05, 0.1) is 5.39 Å². The van der Waals surface area contributed by atoms with Crippen molar-refractivity contribution >= 4 is 39.0 Å². The lowest BCUT2D eigenvalue weighted by molar-refractivity contribution is 0.0701. The monoisotopic (exact) mass is 327 g/mol. The molecule has 0 spiro atoms. The van der Waals surface area contributed by atoms with Gasteiger partial charge in [-0.05, 0) is 44.0 Å². The third kappa shape index (κ3) is 2.66. The summed E-state index contributed by atoms with van der Waals surface area (Å²) >= 11 is 1.20. The Labute approximate surface area is 138 Å². The lowest BCUT2D eigenvalue weighted by atomic mass is 10.1. The lowest BCUT2D eigenvalue weighted by Gasteiger charge is -2.23. The Morgan fingerprint density at radius 1 is 1.30 bits per heavy atom. The molecule has 3 rings (SSSR count). The minimum absolute atomic E-state index is 0.321. The first-order valence-electron chi connectivity index (χ1n) is 7.34. The number of anilines is 2. The van der Waals surface area contributed by atoms with E-state index in [1.165, 1.54) is 23.2 Å². The Bertz CT molecular complexity index is 889. The number of carboxylic acids is 1. The van der Waals surface area contributed by atoms with Gasteiger partial charge in [-0.1, -0.05) is 12.1 Å². The molecule has 0 saturated carbocycles. The van der Waals surface area contributed by atoms with Gasteiger partial charge in [0.15, 0.2) is 0 Å². The number of aromatic nitrogens is 2. The molecule has 0 aliphatic carbocycles. The minimum Gasteiger partial charge on any atom is -0.477 e. The number of nitrogens with zero attached hydrogens (tertiary/aromatic N) is 3. The van der Waals surface area contributed by atoms with E-state index in [9.17, 15) is 9.90 Å². The maximum Gasteiger partial charge on any atom is 0.346 e. The van der Waals surface area contributed by atoms with E-state index in [-0.39, 0.29) is 0 Å². The zero-order chi connectivity index (χ0) is 16.6. The molecule has 23 heavy (non-hydrogen) atoms. The zero-order valence-electron chi connectivity index (χ0n) is 13.2. The van der Waals surface area contributed by atoms with Crippen molar-refractivity contribution < 1.29 is 9.90 Å². The van der Waals surface area contributed by atoms with Crippen LogP contribution >= 0.6 is 11.3 Å². The second kappa shape index (κ2) is 5.96. The number of fused-ring (bicyclic) bond motifs is 1. The van der Waals surface area contributed by atoms with Crippen molar-refractivity contribution in [1.82, 2.24) is 9.97 Å². The molecule has 2 aromatic heterocycles. The summed E-state index contributed by atoms with van der Waals surface area (Å²) in [6.07, 6.45) is 1.50. The van der Waals surface area contributed by atoms with E-state index in [1.54, 1.807) is 0 Å². The second-order valence-electron chi connectivity index (χ2n) is 5.32. The molecular weight excluding hydrogens is 310 g/mol. The van der Waals surface area contributed by atoms with Crippen LogP contribution in [0.1, 0.15) is 27.7 Å². The summed E-state index contributed by atoms with van der Waals surface area (Å²) in [5.41, 5.74) is 2.92. The first kappa shape index (κ1) is 15.4. The summed E-state index contributed by atoms with van der Waals surface area (Å²) in [6.45, 7) is 6.65. The van der Waals surface area contributed by atoms with Crippen LogP contribution in [0.2, 0.25) is 0 Å². The van der Waals surface area contributed by atoms with Crippen molar-refractivity contribution in [3.63, 3.8) is 0 Å². The van der Waals surface area contributed by atoms with Gasteiger partial charge in [0.1, 0.15) is 21.9 Å². The number of benzene rings is 1. The molecule has 3 aromatic rings. The highest BCUT2D eigenvalue weighted by Gasteiger charge is 2.21. The van der Waals surface area contributed by atoms with E-state index in [2.05, 4.69) is 27.9 Å². The number of thiophene rings is 1. The molecule has 0 bridgehead atoms. The molecule has 2 heterocycles. The maximum absolute atomic E-state index is 11.4. The van der Waals surface area contributed by atoms with Crippen LogP contribution in [0.5, 0.6) is 0 Å². The van der Waals surface area contributed by atoms with Crippen LogP contribution in [0.4, 0.5) is 11.5 Å². The molecule has 0 radical (unpaired) electrons. The molecule has 5 nitrogen and oxygen atoms in total. The fraction of sp³-hybridized carbons (Fsp3) is 0.235. The van der Waals surface area contributed by atoms with Crippen molar-refractivity contribution in [3.8, 4) is 0 Å². The molecule has 118 valence electrons. The van der Waals surface area contributed by atoms with Gasteiger partial charge in [0.25, 0.3) is 0 Å². The highest BCUT2D eigenvalue weighted by atomic mass is 32.1. The molecule has 1 aromatic carbocycles. The standard InChI is InChI=1S/C17H17N3O2S/c1-4-20(12-7-5-6-10(2)8-12)15-13-11(3)14(17(21)22)23-16(13)19-9-18-15/h5-9H,4H2,1-3H3,(H,21,22). The van der Waals surface area contributed by atoms with Crippen LogP contribution in [0, 0.1) is 13.8 Å². The van der Waals surface area contributed by atoms with Gasteiger partial charge in [-0.3, -0.25) is 0 Å². The summed E-state index contributed by atoms with van der Waals surface area (Å²) in [4.78, 5) is 23.2. The Morgan fingerprint density at radius 3 is 2.74 bits per heavy atom. The number of rotatable bonds is 4. The largest absolute Gasteiger partial charge is 0.477 e. The van der Waals surface area contributed by atoms with E-state index < -0.39 is 5.97 Å². The predicted octanol–water partition coefficient (Wildman–Crippen LogP) is 4.16. The predicted molar refractivity (Wildman–Crippen MR) is 93.0 cm³/mol. The minimum atomic E-state index is -0.921. The SMILES string of the molecule is CCN(c1cccc(C)c1)c1ncnc2sc(C(=O)O)c(C)c12. The number of carboxylic acid groups (broad SMARTS) is 1. The van der Waals surface area contributed by atoms with Gasteiger partial charge in [0, 0.05) is 12.2 Å². The smallest absolute Gasteiger partial charge is 0.346 e. The van der Waals surface area contributed by atoms with Gasteiger partial charge in [-0.15, -0.1) is 11.3 Å². The highest BCUT2D eigenvalue weighted by molar-refractivity contribution is 7.20. The summed E-state index contributed by atoms with van der Waals surface area (Å²) in [6, 6.07) is 8.18. The van der Waals surface area contributed by atoms with Gasteiger partial charge < -0.3 is 10.0 Å². The first-order valence-corrected chi connectivity index (χ1v) is 8.16. The third-order valence-corrected chi connectivity index (χ3v) is 4.97. The quantitative estimate of drug-likeness (QED) is 0.779. The van der Waals surface area contributed by atoms with E-state index in [0.29, 0.717) is 9.71 Å². The molecule has 0 aliphatic rings. The topological polar surface area (TPSA) is 66.3 Å². The van der Waals surface area contributed by atoms with E-state index in [0.717, 1.165) is 29.0 Å². The average molecular weight is 327 g/mol. The van der Waals surface area contributed by atoms with E-state index in [1.807, 2.05) is 32.0 Å². The summed E-state index contributed by atoms with van der Waals surface area (Å²) in [5.74, 6) is -0.167. The number of carbonyl (C=O) groups is 1. The number of aromatic carboxylic acids is 1. The Morgan fingerprint density at radius 2 is 2.09 bits per heavy atom. The second-order valence-corrected chi connectivity index (χ2v) is 6.32. The van der Waals surface area contributed by atoms with Crippen LogP contribution in [-0.4, -0.2) is 27.6 Å². The van der Waals surface area contributed by atoms with Crippen molar-refractivity contribution in [1.29, 1.82) is 0 Å². The van der Waals surface area contributed by atoms with Crippen molar-refractivity contribution in [3.05, 3.63) is 46.6 Å². The Balaban J connectivity index is 2.23. The molecule has 0 atom stereocenters. The normalized spacial score (nSPS) is 10.9. The van der Waals surface area contributed by atoms with Crippen molar-refractivity contribution in [2.75, 3.05) is 11.4 Å². The third-order valence-electron chi connectivity index (χ3n) is 3.79. The molecular formula is C17H17N3O2S. The van der Waals surface area contributed by atoms with Gasteiger partial charge in [-0.2, -0.15) is 0 Å². The Kier molecular flexibility index (Phi) is 4.00. The molecule has 0 unspecified atom stereocenters. The highest BCUT2D eigenvalue weighted by Crippen LogP contribution is 2.37. The van der Waals surface area contributed by atoms with Crippen LogP contribution in [0.15, 0.2) is 30.6 Å². The fourth-order valence-electron chi connectivity index (χ4n) is 2.71. The molecule has 0 fully saturated rings. The van der Waals surface area contributed by atoms with Crippen molar-refractivity contribution in [2.24, 2.45) is 0 Å². The maximum atomic E-state index is 11.4. The molecule has 0 aliphatic heterocycles. The summed E-state index contributed by atoms with van der Waals surface area (Å²) in [5, 5.41) is 10.2. The lowest BCUT2D eigenvalue weighted by Crippen LogP contribution is -2.18. The Hall–Kier alpha value is -2.47. The first-order chi connectivity index (χ1) is 11.0. The summed E-state index contributed by atoms with van der Waals surface area (Å²) in [7, 11) is 0. The van der Waals surface area contributed by atoms with E-state index in [4.69, 9.17) is 0 Å². The molecule has 0 saturated heterocycles. The number of hydrogen-bond acceptors (Lipinski definition) is 5. The number of aryl methyl sites for hydroxylation is 2. The molecule has 0 amide bonds. The van der Waals surface area contributed by atoms with Gasteiger partial charge in [-0.25, -0.2) is 14.8 Å². The van der Waals surface area contributed by atoms with Crippen LogP contribution in [-0.2, 0) is 0 Å². The summed E-state index contributed by atoms with van der Waals surface area (Å²) < 4.78 is 0. The number of hydrogen-bond donors (Lipinski definition) is 1. The molecule has 1 N–H and O–H groups in total.